The molecule has 0 aliphatic heterocycles. The van der Waals surface area contributed by atoms with Crippen LogP contribution in [0.25, 0.3) is 12.2 Å². The lowest BCUT2D eigenvalue weighted by Gasteiger charge is -2.03. The molecule has 1 aromatic carbocycles. The monoisotopic (exact) mass is 271 g/mol. The van der Waals surface area contributed by atoms with Crippen molar-refractivity contribution in [3.8, 4) is 0 Å². The summed E-state index contributed by atoms with van der Waals surface area (Å²) in [6.07, 6.45) is 7.44. The van der Waals surface area contributed by atoms with Crippen molar-refractivity contribution in [3.63, 3.8) is 0 Å². The van der Waals surface area contributed by atoms with Crippen molar-refractivity contribution >= 4 is 12.2 Å². The fraction of sp³-hybridized carbons (Fsp3) is 0.375. The normalized spacial score (nSPS) is 11.3. The van der Waals surface area contributed by atoms with Crippen LogP contribution in [0.15, 0.2) is 30.3 Å². The topological polar surface area (TPSA) is 50.9 Å². The first-order valence-corrected chi connectivity index (χ1v) is 7.11. The number of unbranched alkanes of at least 4 members (excludes halogenated alkanes) is 2. The van der Waals surface area contributed by atoms with Crippen molar-refractivity contribution in [2.24, 2.45) is 0 Å². The van der Waals surface area contributed by atoms with Crippen LogP contribution in [0.2, 0.25) is 0 Å². The van der Waals surface area contributed by atoms with Crippen LogP contribution in [-0.2, 0) is 13.2 Å². The summed E-state index contributed by atoms with van der Waals surface area (Å²) in [4.78, 5) is 0. The van der Waals surface area contributed by atoms with E-state index in [0.717, 1.165) is 24.2 Å². The molecule has 0 aliphatic rings. The van der Waals surface area contributed by atoms with Gasteiger partial charge in [0.15, 0.2) is 0 Å². The van der Waals surface area contributed by atoms with Crippen LogP contribution in [0, 0.1) is 0 Å². The van der Waals surface area contributed by atoms with Crippen LogP contribution in [0.1, 0.15) is 43.1 Å². The average molecular weight is 271 g/mol. The van der Waals surface area contributed by atoms with Crippen molar-refractivity contribution in [1.29, 1.82) is 0 Å². The van der Waals surface area contributed by atoms with Gasteiger partial charge in [0.2, 0.25) is 0 Å². The van der Waals surface area contributed by atoms with Gasteiger partial charge in [-0.1, -0.05) is 61.4 Å². The zero-order chi connectivity index (χ0) is 14.2. The third-order valence-electron chi connectivity index (χ3n) is 3.20. The van der Waals surface area contributed by atoms with E-state index in [9.17, 15) is 5.11 Å². The Morgan fingerprint density at radius 1 is 1.15 bits per heavy atom. The summed E-state index contributed by atoms with van der Waals surface area (Å²) in [6.45, 7) is 2.94. The second-order valence-corrected chi connectivity index (χ2v) is 4.75. The lowest BCUT2D eigenvalue weighted by atomic mass is 10.2. The highest BCUT2D eigenvalue weighted by Crippen LogP contribution is 2.12. The number of rotatable bonds is 7. The Balaban J connectivity index is 2.16. The summed E-state index contributed by atoms with van der Waals surface area (Å²) in [7, 11) is 0. The summed E-state index contributed by atoms with van der Waals surface area (Å²) in [5.74, 6) is 0. The van der Waals surface area contributed by atoms with Crippen molar-refractivity contribution < 1.29 is 5.11 Å². The SMILES string of the molecule is CCCCCn1nnc(CO)c1/C=C/c1ccccc1. The van der Waals surface area contributed by atoms with E-state index in [0.29, 0.717) is 5.69 Å². The summed E-state index contributed by atoms with van der Waals surface area (Å²) in [5.41, 5.74) is 2.65. The van der Waals surface area contributed by atoms with Crippen LogP contribution in [0.5, 0.6) is 0 Å². The minimum absolute atomic E-state index is 0.0811. The van der Waals surface area contributed by atoms with E-state index >= 15 is 0 Å². The van der Waals surface area contributed by atoms with E-state index in [-0.39, 0.29) is 6.61 Å². The highest BCUT2D eigenvalue weighted by Gasteiger charge is 2.08. The van der Waals surface area contributed by atoms with Crippen LogP contribution in [0.4, 0.5) is 0 Å². The Labute approximate surface area is 119 Å². The molecule has 0 saturated carbocycles. The van der Waals surface area contributed by atoms with Gasteiger partial charge in [0, 0.05) is 6.54 Å². The molecule has 1 aromatic heterocycles. The van der Waals surface area contributed by atoms with Crippen molar-refractivity contribution in [2.75, 3.05) is 0 Å². The molecular formula is C16H21N3O. The molecule has 1 heterocycles. The Bertz CT molecular complexity index is 546. The second-order valence-electron chi connectivity index (χ2n) is 4.75. The largest absolute Gasteiger partial charge is 0.390 e. The minimum Gasteiger partial charge on any atom is -0.390 e. The number of nitrogens with zero attached hydrogens (tertiary/aromatic N) is 3. The maximum absolute atomic E-state index is 9.35. The van der Waals surface area contributed by atoms with E-state index in [1.54, 1.807) is 0 Å². The highest BCUT2D eigenvalue weighted by atomic mass is 16.3. The third-order valence-corrected chi connectivity index (χ3v) is 3.20. The number of aryl methyl sites for hydroxylation is 1. The molecule has 0 radical (unpaired) electrons. The summed E-state index contributed by atoms with van der Waals surface area (Å²) in [6, 6.07) is 10.1. The number of hydrogen-bond donors (Lipinski definition) is 1. The number of aliphatic hydroxyl groups is 1. The number of hydrogen-bond acceptors (Lipinski definition) is 3. The van der Waals surface area contributed by atoms with Crippen LogP contribution < -0.4 is 0 Å². The molecule has 0 amide bonds. The molecule has 0 aliphatic carbocycles. The fourth-order valence-electron chi connectivity index (χ4n) is 2.07. The zero-order valence-corrected chi connectivity index (χ0v) is 11.9. The van der Waals surface area contributed by atoms with Gasteiger partial charge in [-0.15, -0.1) is 5.10 Å². The quantitative estimate of drug-likeness (QED) is 0.787. The lowest BCUT2D eigenvalue weighted by Crippen LogP contribution is -2.03. The van der Waals surface area contributed by atoms with Gasteiger partial charge in [-0.3, -0.25) is 0 Å². The first-order valence-electron chi connectivity index (χ1n) is 7.11. The van der Waals surface area contributed by atoms with Gasteiger partial charge < -0.3 is 5.11 Å². The molecular weight excluding hydrogens is 250 g/mol. The summed E-state index contributed by atoms with van der Waals surface area (Å²) < 4.78 is 1.88. The van der Waals surface area contributed by atoms with E-state index in [4.69, 9.17) is 0 Å². The second kappa shape index (κ2) is 7.60. The first kappa shape index (κ1) is 14.5. The lowest BCUT2D eigenvalue weighted by molar-refractivity contribution is 0.276. The van der Waals surface area contributed by atoms with Crippen molar-refractivity contribution in [2.45, 2.75) is 39.3 Å². The Hall–Kier alpha value is -1.94. The maximum Gasteiger partial charge on any atom is 0.115 e. The molecule has 0 atom stereocenters. The minimum atomic E-state index is -0.0811. The molecule has 4 nitrogen and oxygen atoms in total. The predicted octanol–water partition coefficient (Wildman–Crippen LogP) is 3.13. The van der Waals surface area contributed by atoms with Crippen LogP contribution >= 0.6 is 0 Å². The number of aromatic nitrogens is 3. The van der Waals surface area contributed by atoms with Crippen molar-refractivity contribution in [3.05, 3.63) is 47.3 Å². The van der Waals surface area contributed by atoms with Gasteiger partial charge in [-0.2, -0.15) is 0 Å². The van der Waals surface area contributed by atoms with Crippen LogP contribution in [-0.4, -0.2) is 20.1 Å². The Morgan fingerprint density at radius 3 is 2.65 bits per heavy atom. The summed E-state index contributed by atoms with van der Waals surface area (Å²) in [5, 5.41) is 17.5. The van der Waals surface area contributed by atoms with Gasteiger partial charge in [0.05, 0.1) is 12.3 Å². The molecule has 0 unspecified atom stereocenters. The van der Waals surface area contributed by atoms with Crippen LogP contribution in [0.3, 0.4) is 0 Å². The number of benzene rings is 1. The molecule has 106 valence electrons. The molecule has 1 N–H and O–H groups in total. The third kappa shape index (κ3) is 3.78. The summed E-state index contributed by atoms with van der Waals surface area (Å²) >= 11 is 0. The predicted molar refractivity (Wildman–Crippen MR) is 80.8 cm³/mol. The van der Waals surface area contributed by atoms with Crippen molar-refractivity contribution in [1.82, 2.24) is 15.0 Å². The molecule has 0 spiro atoms. The maximum atomic E-state index is 9.35. The molecule has 2 aromatic rings. The molecule has 4 heteroatoms. The molecule has 0 bridgehead atoms. The van der Waals surface area contributed by atoms with E-state index in [1.807, 2.05) is 47.2 Å². The van der Waals surface area contributed by atoms with E-state index < -0.39 is 0 Å². The zero-order valence-electron chi connectivity index (χ0n) is 11.9. The average Bonchev–Trinajstić information content (AvgIpc) is 2.88. The van der Waals surface area contributed by atoms with E-state index in [1.165, 1.54) is 12.8 Å². The fourth-order valence-corrected chi connectivity index (χ4v) is 2.07. The molecule has 0 saturated heterocycles. The smallest absolute Gasteiger partial charge is 0.115 e. The van der Waals surface area contributed by atoms with Gasteiger partial charge in [-0.05, 0) is 18.1 Å². The van der Waals surface area contributed by atoms with E-state index in [2.05, 4.69) is 17.2 Å². The Morgan fingerprint density at radius 2 is 1.95 bits per heavy atom. The van der Waals surface area contributed by atoms with Gasteiger partial charge in [0.25, 0.3) is 0 Å². The van der Waals surface area contributed by atoms with Gasteiger partial charge >= 0.3 is 0 Å². The van der Waals surface area contributed by atoms with Gasteiger partial charge in [0.1, 0.15) is 5.69 Å². The standard InChI is InChI=1S/C16H21N3O/c1-2-3-7-12-19-16(15(13-20)17-18-19)11-10-14-8-5-4-6-9-14/h4-6,8-11,20H,2-3,7,12-13H2,1H3/b11-10+. The highest BCUT2D eigenvalue weighted by molar-refractivity contribution is 5.68. The molecule has 0 fully saturated rings. The van der Waals surface area contributed by atoms with Gasteiger partial charge in [-0.25, -0.2) is 4.68 Å². The molecule has 2 rings (SSSR count). The first-order chi connectivity index (χ1) is 9.85. The number of aliphatic hydroxyl groups excluding tert-OH is 1. The molecule has 20 heavy (non-hydrogen) atoms. The Kier molecular flexibility index (Phi) is 5.50.